The molecule has 4 nitrogen and oxygen atoms in total. The molecule has 1 aliphatic rings. The molecule has 0 saturated carbocycles. The summed E-state index contributed by atoms with van der Waals surface area (Å²) in [5.74, 6) is -0.385. The van der Waals surface area contributed by atoms with Crippen LogP contribution in [0.4, 0.5) is 4.39 Å². The van der Waals surface area contributed by atoms with Gasteiger partial charge < -0.3 is 4.57 Å². The van der Waals surface area contributed by atoms with Crippen LogP contribution in [0.25, 0.3) is 27.7 Å². The molecule has 1 fully saturated rings. The number of aromatic nitrogens is 1. The quantitative estimate of drug-likeness (QED) is 0.276. The van der Waals surface area contributed by atoms with E-state index in [1.807, 2.05) is 29.0 Å². The van der Waals surface area contributed by atoms with Crippen LogP contribution < -0.4 is 0 Å². The molecule has 174 valence electrons. The lowest BCUT2D eigenvalue weighted by Crippen LogP contribution is -2.10. The van der Waals surface area contributed by atoms with Gasteiger partial charge in [-0.2, -0.15) is 0 Å². The van der Waals surface area contributed by atoms with Gasteiger partial charge in [0.2, 0.25) is 0 Å². The molecule has 2 heterocycles. The molecule has 1 saturated heterocycles. The third-order valence-corrected chi connectivity index (χ3v) is 8.48. The summed E-state index contributed by atoms with van der Waals surface area (Å²) in [6.45, 7) is 0. The molecule has 3 aromatic carbocycles. The van der Waals surface area contributed by atoms with E-state index in [4.69, 9.17) is 23.2 Å². The van der Waals surface area contributed by atoms with E-state index < -0.39 is 9.84 Å². The Morgan fingerprint density at radius 3 is 2.35 bits per heavy atom. The highest BCUT2D eigenvalue weighted by Crippen LogP contribution is 2.36. The first-order valence-corrected chi connectivity index (χ1v) is 13.4. The van der Waals surface area contributed by atoms with Crippen LogP contribution in [0, 0.1) is 11.7 Å². The average Bonchev–Trinajstić information content (AvgIpc) is 3.32. The van der Waals surface area contributed by atoms with Crippen LogP contribution in [-0.2, 0) is 9.84 Å². The normalized spacial score (nSPS) is 17.3. The van der Waals surface area contributed by atoms with Crippen molar-refractivity contribution in [1.29, 1.82) is 0 Å². The Balaban J connectivity index is 1.61. The first-order valence-electron chi connectivity index (χ1n) is 10.8. The zero-order valence-corrected chi connectivity index (χ0v) is 20.3. The van der Waals surface area contributed by atoms with Crippen molar-refractivity contribution in [1.82, 2.24) is 4.57 Å². The van der Waals surface area contributed by atoms with Crippen molar-refractivity contribution in [2.45, 2.75) is 12.8 Å². The second-order valence-corrected chi connectivity index (χ2v) is 11.8. The SMILES string of the molecule is O=C(CC1CCS(=O)(=O)C1)c1ccc2c(-c3cc(Cl)cc(Cl)c3)cn(-c3ccc(F)cc3)c2c1. The number of carbonyl (C=O) groups is 1. The predicted molar refractivity (Wildman–Crippen MR) is 134 cm³/mol. The summed E-state index contributed by atoms with van der Waals surface area (Å²) in [4.78, 5) is 13.0. The maximum absolute atomic E-state index is 13.6. The van der Waals surface area contributed by atoms with E-state index in [1.165, 1.54) is 12.1 Å². The zero-order chi connectivity index (χ0) is 24.0. The van der Waals surface area contributed by atoms with Gasteiger partial charge >= 0.3 is 0 Å². The fraction of sp³-hybridized carbons (Fsp3) is 0.192. The molecule has 0 bridgehead atoms. The number of rotatable bonds is 5. The van der Waals surface area contributed by atoms with Crippen LogP contribution in [-0.4, -0.2) is 30.3 Å². The number of hydrogen-bond acceptors (Lipinski definition) is 3. The summed E-state index contributed by atoms with van der Waals surface area (Å²) >= 11 is 12.5. The second-order valence-electron chi connectivity index (χ2n) is 8.68. The minimum absolute atomic E-state index is 0.0621. The largest absolute Gasteiger partial charge is 0.316 e. The highest BCUT2D eigenvalue weighted by atomic mass is 35.5. The summed E-state index contributed by atoms with van der Waals surface area (Å²) in [6, 6.07) is 16.8. The first kappa shape index (κ1) is 23.1. The van der Waals surface area contributed by atoms with Gasteiger partial charge in [0.1, 0.15) is 5.82 Å². The van der Waals surface area contributed by atoms with E-state index in [0.717, 1.165) is 27.7 Å². The molecule has 1 aliphatic heterocycles. The van der Waals surface area contributed by atoms with Gasteiger partial charge in [0.05, 0.1) is 17.0 Å². The third-order valence-electron chi connectivity index (χ3n) is 6.21. The van der Waals surface area contributed by atoms with Gasteiger partial charge in [-0.25, -0.2) is 12.8 Å². The Bertz CT molecular complexity index is 1510. The Kier molecular flexibility index (Phi) is 6.00. The lowest BCUT2D eigenvalue weighted by atomic mass is 9.96. The lowest BCUT2D eigenvalue weighted by molar-refractivity contribution is 0.0966. The molecule has 1 atom stereocenters. The van der Waals surface area contributed by atoms with Crippen LogP contribution in [0.1, 0.15) is 23.2 Å². The Hall–Kier alpha value is -2.67. The van der Waals surface area contributed by atoms with Crippen molar-refractivity contribution in [2.75, 3.05) is 11.5 Å². The van der Waals surface area contributed by atoms with E-state index in [1.54, 1.807) is 30.3 Å². The predicted octanol–water partition coefficient (Wildman–Crippen LogP) is 6.75. The van der Waals surface area contributed by atoms with E-state index >= 15 is 0 Å². The molecular weight excluding hydrogens is 496 g/mol. The number of halogens is 3. The number of hydrogen-bond donors (Lipinski definition) is 0. The Morgan fingerprint density at radius 1 is 1.00 bits per heavy atom. The highest BCUT2D eigenvalue weighted by molar-refractivity contribution is 7.91. The van der Waals surface area contributed by atoms with Gasteiger partial charge in [0.15, 0.2) is 15.6 Å². The molecule has 8 heteroatoms. The molecule has 5 rings (SSSR count). The number of benzene rings is 3. The van der Waals surface area contributed by atoms with E-state index in [2.05, 4.69) is 0 Å². The number of fused-ring (bicyclic) bond motifs is 1. The monoisotopic (exact) mass is 515 g/mol. The molecule has 0 amide bonds. The topological polar surface area (TPSA) is 56.1 Å². The van der Waals surface area contributed by atoms with Gasteiger partial charge in [-0.15, -0.1) is 0 Å². The van der Waals surface area contributed by atoms with Crippen molar-refractivity contribution in [2.24, 2.45) is 5.92 Å². The molecule has 34 heavy (non-hydrogen) atoms. The molecular formula is C26H20Cl2FNO3S. The molecule has 1 aromatic heterocycles. The Labute approximate surface area is 206 Å². The second kappa shape index (κ2) is 8.84. The zero-order valence-electron chi connectivity index (χ0n) is 18.0. The van der Waals surface area contributed by atoms with Crippen molar-refractivity contribution in [3.05, 3.63) is 88.3 Å². The van der Waals surface area contributed by atoms with Gasteiger partial charge in [0.25, 0.3) is 0 Å². The van der Waals surface area contributed by atoms with Gasteiger partial charge in [-0.05, 0) is 66.4 Å². The average molecular weight is 516 g/mol. The maximum Gasteiger partial charge on any atom is 0.163 e. The van der Waals surface area contributed by atoms with Crippen LogP contribution in [0.2, 0.25) is 10.0 Å². The maximum atomic E-state index is 13.6. The number of Topliss-reactive ketones (excluding diaryl/α,β-unsaturated/α-hetero) is 1. The standard InChI is InChI=1S/C26H20Cl2FNO3S/c27-19-10-18(11-20(28)13-19)24-14-30(22-4-2-21(29)3-5-22)25-12-17(1-6-23(24)25)26(31)9-16-7-8-34(32,33)15-16/h1-6,10-14,16H,7-9,15H2. The lowest BCUT2D eigenvalue weighted by Gasteiger charge is -2.09. The molecule has 0 aliphatic carbocycles. The first-order chi connectivity index (χ1) is 16.2. The summed E-state index contributed by atoms with van der Waals surface area (Å²) < 4.78 is 39.0. The summed E-state index contributed by atoms with van der Waals surface area (Å²) in [5, 5.41) is 1.88. The molecule has 0 radical (unpaired) electrons. The van der Waals surface area contributed by atoms with Gasteiger partial charge in [0, 0.05) is 44.9 Å². The molecule has 4 aromatic rings. The Morgan fingerprint density at radius 2 is 1.71 bits per heavy atom. The number of nitrogens with zero attached hydrogens (tertiary/aromatic N) is 1. The van der Waals surface area contributed by atoms with Crippen molar-refractivity contribution < 1.29 is 17.6 Å². The summed E-state index contributed by atoms with van der Waals surface area (Å²) in [6.07, 6.45) is 2.62. The summed E-state index contributed by atoms with van der Waals surface area (Å²) in [5.41, 5.74) is 3.69. The van der Waals surface area contributed by atoms with Crippen molar-refractivity contribution >= 4 is 49.7 Å². The number of sulfone groups is 1. The van der Waals surface area contributed by atoms with Gasteiger partial charge in [-0.1, -0.05) is 35.3 Å². The number of ketones is 1. The third kappa shape index (κ3) is 4.63. The van der Waals surface area contributed by atoms with Crippen LogP contribution >= 0.6 is 23.2 Å². The van der Waals surface area contributed by atoms with Crippen molar-refractivity contribution in [3.8, 4) is 16.8 Å². The fourth-order valence-electron chi connectivity index (χ4n) is 4.57. The fourth-order valence-corrected chi connectivity index (χ4v) is 6.96. The van der Waals surface area contributed by atoms with E-state index in [-0.39, 0.29) is 35.4 Å². The van der Waals surface area contributed by atoms with Crippen molar-refractivity contribution in [3.63, 3.8) is 0 Å². The van der Waals surface area contributed by atoms with Crippen LogP contribution in [0.3, 0.4) is 0 Å². The van der Waals surface area contributed by atoms with E-state index in [0.29, 0.717) is 22.0 Å². The van der Waals surface area contributed by atoms with Gasteiger partial charge in [-0.3, -0.25) is 4.79 Å². The summed E-state index contributed by atoms with van der Waals surface area (Å²) in [7, 11) is -3.05. The minimum Gasteiger partial charge on any atom is -0.316 e. The van der Waals surface area contributed by atoms with Crippen LogP contribution in [0.5, 0.6) is 0 Å². The molecule has 0 N–H and O–H groups in total. The molecule has 0 spiro atoms. The smallest absolute Gasteiger partial charge is 0.163 e. The highest BCUT2D eigenvalue weighted by Gasteiger charge is 2.29. The van der Waals surface area contributed by atoms with Crippen LogP contribution in [0.15, 0.2) is 66.9 Å². The molecule has 1 unspecified atom stereocenters. The minimum atomic E-state index is -3.05. The number of carbonyl (C=O) groups excluding carboxylic acids is 1. The van der Waals surface area contributed by atoms with E-state index in [9.17, 15) is 17.6 Å².